The second-order valence-electron chi connectivity index (χ2n) is 4.66. The number of imide groups is 1. The van der Waals surface area contributed by atoms with Crippen LogP contribution in [0.3, 0.4) is 0 Å². The largest absolute Gasteiger partial charge is 0.277 e. The number of hydrogen-bond donors (Lipinski definition) is 0. The smallest absolute Gasteiger partial charge is 0.261 e. The molecule has 86 valence electrons. The summed E-state index contributed by atoms with van der Waals surface area (Å²) >= 11 is 0. The van der Waals surface area contributed by atoms with Gasteiger partial charge in [0.15, 0.2) is 0 Å². The fraction of sp³-hybridized carbons (Fsp3) is 0.0667. The topological polar surface area (TPSA) is 37.4 Å². The van der Waals surface area contributed by atoms with E-state index in [0.29, 0.717) is 11.1 Å². The fourth-order valence-corrected chi connectivity index (χ4v) is 2.82. The number of amides is 2. The Labute approximate surface area is 103 Å². The van der Waals surface area contributed by atoms with Gasteiger partial charge in [0.1, 0.15) is 0 Å². The third kappa shape index (κ3) is 0.911. The predicted octanol–water partition coefficient (Wildman–Crippen LogP) is 2.55. The molecule has 0 bridgehead atoms. The first-order valence-electron chi connectivity index (χ1n) is 5.78. The van der Waals surface area contributed by atoms with E-state index in [1.54, 1.807) is 0 Å². The highest BCUT2D eigenvalue weighted by molar-refractivity contribution is 6.27. The van der Waals surface area contributed by atoms with E-state index < -0.39 is 0 Å². The Morgan fingerprint density at radius 2 is 1.28 bits per heavy atom. The lowest BCUT2D eigenvalue weighted by Crippen LogP contribution is -2.36. The molecule has 0 fully saturated rings. The zero-order valence-electron chi connectivity index (χ0n) is 9.73. The molecule has 0 radical (unpaired) electrons. The van der Waals surface area contributed by atoms with Crippen molar-refractivity contribution in [2.24, 2.45) is 0 Å². The first kappa shape index (κ1) is 9.59. The van der Waals surface area contributed by atoms with Gasteiger partial charge in [-0.1, -0.05) is 24.3 Å². The van der Waals surface area contributed by atoms with Gasteiger partial charge in [-0.25, -0.2) is 0 Å². The summed E-state index contributed by atoms with van der Waals surface area (Å²) in [6.45, 7) is 0. The lowest BCUT2D eigenvalue weighted by Gasteiger charge is -2.24. The Kier molecular flexibility index (Phi) is 1.53. The maximum absolute atomic E-state index is 12.1. The van der Waals surface area contributed by atoms with Crippen LogP contribution in [0.1, 0.15) is 31.8 Å². The van der Waals surface area contributed by atoms with Crippen LogP contribution in [0.5, 0.6) is 0 Å². The van der Waals surface area contributed by atoms with Crippen LogP contribution in [0.2, 0.25) is 0 Å². The highest BCUT2D eigenvalue weighted by atomic mass is 16.2. The minimum atomic E-state index is -0.219. The van der Waals surface area contributed by atoms with Crippen LogP contribution >= 0.6 is 0 Å². The molecule has 1 aliphatic carbocycles. The molecule has 2 aromatic carbocycles. The Hall–Kier alpha value is -2.42. The van der Waals surface area contributed by atoms with E-state index in [9.17, 15) is 9.59 Å². The van der Waals surface area contributed by atoms with E-state index in [2.05, 4.69) is 0 Å². The van der Waals surface area contributed by atoms with Crippen LogP contribution in [0.15, 0.2) is 24.3 Å². The average molecular weight is 235 g/mol. The van der Waals surface area contributed by atoms with Gasteiger partial charge in [-0.15, -0.1) is 0 Å². The summed E-state index contributed by atoms with van der Waals surface area (Å²) in [4.78, 5) is 25.5. The van der Waals surface area contributed by atoms with Gasteiger partial charge in [-0.2, -0.15) is 0 Å². The second-order valence-corrected chi connectivity index (χ2v) is 4.66. The molecule has 0 saturated heterocycles. The molecule has 1 heterocycles. The Balaban J connectivity index is 2.27. The van der Waals surface area contributed by atoms with Crippen molar-refractivity contribution in [3.63, 3.8) is 0 Å². The molecular formula is C15H9NO2. The van der Waals surface area contributed by atoms with E-state index in [1.807, 2.05) is 36.4 Å². The van der Waals surface area contributed by atoms with Crippen molar-refractivity contribution in [1.29, 1.82) is 0 Å². The van der Waals surface area contributed by atoms with Crippen molar-refractivity contribution in [2.75, 3.05) is 7.05 Å². The number of hydrogen-bond acceptors (Lipinski definition) is 2. The van der Waals surface area contributed by atoms with E-state index in [-0.39, 0.29) is 11.8 Å². The van der Waals surface area contributed by atoms with Crippen LogP contribution in [0.4, 0.5) is 0 Å². The molecule has 0 saturated carbocycles. The highest BCUT2D eigenvalue weighted by Gasteiger charge is 2.31. The molecule has 0 aromatic heterocycles. The first-order chi connectivity index (χ1) is 8.68. The number of nitrogens with zero attached hydrogens (tertiary/aromatic N) is 1. The van der Waals surface area contributed by atoms with E-state index in [1.165, 1.54) is 11.9 Å². The summed E-state index contributed by atoms with van der Waals surface area (Å²) < 4.78 is 0. The highest BCUT2D eigenvalue weighted by Crippen LogP contribution is 2.38. The zero-order valence-corrected chi connectivity index (χ0v) is 9.73. The van der Waals surface area contributed by atoms with Gasteiger partial charge in [-0.3, -0.25) is 14.5 Å². The maximum atomic E-state index is 12.1. The number of benzene rings is 2. The van der Waals surface area contributed by atoms with Gasteiger partial charge in [0, 0.05) is 23.6 Å². The number of carbonyl (C=O) groups is 2. The summed E-state index contributed by atoms with van der Waals surface area (Å²) in [5.41, 5.74) is 3.40. The van der Waals surface area contributed by atoms with Gasteiger partial charge >= 0.3 is 0 Å². The van der Waals surface area contributed by atoms with E-state index >= 15 is 0 Å². The Morgan fingerprint density at radius 1 is 0.778 bits per heavy atom. The lowest BCUT2D eigenvalue weighted by atomic mass is 9.91. The molecular weight excluding hydrogens is 226 g/mol. The Morgan fingerprint density at radius 3 is 1.78 bits per heavy atom. The molecule has 2 amide bonds. The van der Waals surface area contributed by atoms with Crippen molar-refractivity contribution < 1.29 is 9.59 Å². The first-order valence-corrected chi connectivity index (χ1v) is 5.78. The maximum Gasteiger partial charge on any atom is 0.261 e. The quantitative estimate of drug-likeness (QED) is 0.561. The van der Waals surface area contributed by atoms with Crippen molar-refractivity contribution in [1.82, 2.24) is 4.90 Å². The third-order valence-corrected chi connectivity index (χ3v) is 3.74. The van der Waals surface area contributed by atoms with E-state index in [0.717, 1.165) is 21.9 Å². The zero-order chi connectivity index (χ0) is 12.4. The van der Waals surface area contributed by atoms with Crippen LogP contribution in [-0.2, 0) is 0 Å². The van der Waals surface area contributed by atoms with Gasteiger partial charge < -0.3 is 0 Å². The average Bonchev–Trinajstić information content (AvgIpc) is 2.81. The van der Waals surface area contributed by atoms with Crippen LogP contribution in [0.25, 0.3) is 22.9 Å². The molecule has 0 atom stereocenters. The van der Waals surface area contributed by atoms with Gasteiger partial charge in [-0.05, 0) is 28.6 Å². The SMILES string of the molecule is CN1C(=O)c2ccc3c4c(ccc(c24)C1=O)C=C3. The summed E-state index contributed by atoms with van der Waals surface area (Å²) in [5, 5.41) is 1.84. The molecule has 0 spiro atoms. The predicted molar refractivity (Wildman–Crippen MR) is 69.3 cm³/mol. The molecule has 2 aliphatic rings. The second kappa shape index (κ2) is 2.88. The van der Waals surface area contributed by atoms with Crippen LogP contribution in [-0.4, -0.2) is 23.8 Å². The molecule has 3 nitrogen and oxygen atoms in total. The molecule has 4 rings (SSSR count). The number of carbonyl (C=O) groups excluding carboxylic acids is 2. The summed E-state index contributed by atoms with van der Waals surface area (Å²) in [5.74, 6) is -0.439. The minimum Gasteiger partial charge on any atom is -0.277 e. The van der Waals surface area contributed by atoms with Crippen molar-refractivity contribution >= 4 is 34.7 Å². The van der Waals surface area contributed by atoms with Crippen LogP contribution < -0.4 is 0 Å². The molecule has 0 unspecified atom stereocenters. The summed E-state index contributed by atoms with van der Waals surface area (Å²) in [7, 11) is 1.53. The van der Waals surface area contributed by atoms with Crippen molar-refractivity contribution in [3.05, 3.63) is 46.5 Å². The fourth-order valence-electron chi connectivity index (χ4n) is 2.82. The van der Waals surface area contributed by atoms with Gasteiger partial charge in [0.25, 0.3) is 11.8 Å². The monoisotopic (exact) mass is 235 g/mol. The van der Waals surface area contributed by atoms with Gasteiger partial charge in [0.2, 0.25) is 0 Å². The lowest BCUT2D eigenvalue weighted by molar-refractivity contribution is 0.0651. The van der Waals surface area contributed by atoms with E-state index in [4.69, 9.17) is 0 Å². The molecule has 3 heteroatoms. The third-order valence-electron chi connectivity index (χ3n) is 3.74. The molecule has 18 heavy (non-hydrogen) atoms. The number of rotatable bonds is 0. The van der Waals surface area contributed by atoms with Crippen LogP contribution in [0, 0.1) is 0 Å². The molecule has 2 aromatic rings. The standard InChI is InChI=1S/C15H9NO2/c1-16-14(17)10-6-4-8-2-3-9-5-7-11(15(16)18)13(10)12(8)9/h2-7H,1H3. The molecule has 0 N–H and O–H groups in total. The summed E-state index contributed by atoms with van der Waals surface area (Å²) in [6, 6.07) is 7.50. The van der Waals surface area contributed by atoms with Gasteiger partial charge in [0.05, 0.1) is 0 Å². The van der Waals surface area contributed by atoms with Crippen molar-refractivity contribution in [3.8, 4) is 0 Å². The molecule has 1 aliphatic heterocycles. The van der Waals surface area contributed by atoms with Crippen molar-refractivity contribution in [2.45, 2.75) is 0 Å². The summed E-state index contributed by atoms with van der Waals surface area (Å²) in [6.07, 6.45) is 4.04. The Bertz CT molecular complexity index is 726. The minimum absolute atomic E-state index is 0.219. The normalized spacial score (nSPS) is 15.9.